The minimum atomic E-state index is -2.23. The number of aliphatic hydroxyl groups is 13. The Morgan fingerprint density at radius 3 is 1.16 bits per heavy atom. The molecule has 10 fully saturated rings. The quantitative estimate of drug-likeness (QED) is 0.0154. The Morgan fingerprint density at radius 1 is 0.373 bits per heavy atom. The van der Waals surface area contributed by atoms with Crippen molar-refractivity contribution in [1.29, 1.82) is 0 Å². The first-order valence-electron chi connectivity index (χ1n) is 48.9. The highest BCUT2D eigenvalue weighted by Crippen LogP contribution is 2.49. The lowest BCUT2D eigenvalue weighted by Gasteiger charge is -2.50. The van der Waals surface area contributed by atoms with Crippen molar-refractivity contribution in [2.24, 2.45) is 46.8 Å². The number of carboxylic acids is 4. The number of carbonyl (C=O) groups excluding carboxylic acids is 3. The molecule has 10 heterocycles. The summed E-state index contributed by atoms with van der Waals surface area (Å²) in [5.74, 6) is -11.9. The van der Waals surface area contributed by atoms with Gasteiger partial charge in [0.2, 0.25) is 17.7 Å². The zero-order valence-electron chi connectivity index (χ0n) is 81.7. The first-order chi connectivity index (χ1) is 67.7. The van der Waals surface area contributed by atoms with E-state index in [9.17, 15) is 126 Å². The number of carboxylic acid groups (broad SMARTS) is 4. The molecular formula is C90H153N3O48S. The van der Waals surface area contributed by atoms with E-state index in [4.69, 9.17) is 104 Å². The topological polar surface area (TPSA) is 732 Å². The summed E-state index contributed by atoms with van der Waals surface area (Å²) in [6.07, 6.45) is -49.7. The molecule has 0 saturated carbocycles. The number of thioether (sulfide) groups is 1. The maximum atomic E-state index is 12.9. The fourth-order valence-corrected chi connectivity index (χ4v) is 20.5. The lowest BCUT2D eigenvalue weighted by atomic mass is 9.82. The van der Waals surface area contributed by atoms with Crippen molar-refractivity contribution in [3.05, 3.63) is 0 Å². The van der Waals surface area contributed by atoms with Crippen molar-refractivity contribution in [2.75, 3.05) is 131 Å². The minimum absolute atomic E-state index is 0.0336. The fraction of sp³-hybridized carbons (Fsp3) is 0.922. The summed E-state index contributed by atoms with van der Waals surface area (Å²) < 4.78 is 126. The van der Waals surface area contributed by atoms with E-state index < -0.39 is 295 Å². The van der Waals surface area contributed by atoms with Crippen LogP contribution in [0.4, 0.5) is 0 Å². The van der Waals surface area contributed by atoms with Crippen molar-refractivity contribution in [1.82, 2.24) is 16.0 Å². The van der Waals surface area contributed by atoms with Crippen LogP contribution in [0.15, 0.2) is 0 Å². The van der Waals surface area contributed by atoms with E-state index in [2.05, 4.69) is 34.7 Å². The zero-order chi connectivity index (χ0) is 104. The second-order valence-corrected chi connectivity index (χ2v) is 39.0. The third kappa shape index (κ3) is 32.1. The normalized spacial score (nSPS) is 40.7. The smallest absolute Gasteiger partial charge is 0.335 e. The highest BCUT2D eigenvalue weighted by molar-refractivity contribution is 8.00. The maximum absolute atomic E-state index is 12.9. The van der Waals surface area contributed by atoms with Crippen LogP contribution in [0, 0.1) is 46.8 Å². The summed E-state index contributed by atoms with van der Waals surface area (Å²) in [6, 6.07) is 0.289. The van der Waals surface area contributed by atoms with Gasteiger partial charge in [0.05, 0.1) is 124 Å². The summed E-state index contributed by atoms with van der Waals surface area (Å²) in [7, 11) is 0. The predicted octanol–water partition coefficient (Wildman–Crippen LogP) is -4.76. The number of fused-ring (bicyclic) bond motifs is 1. The summed E-state index contributed by atoms with van der Waals surface area (Å²) >= 11 is 1.97. The van der Waals surface area contributed by atoms with Crippen molar-refractivity contribution >= 4 is 53.4 Å². The largest absolute Gasteiger partial charge is 0.479 e. The molecule has 822 valence electrons. The molecule has 40 unspecified atom stereocenters. The van der Waals surface area contributed by atoms with E-state index >= 15 is 0 Å². The van der Waals surface area contributed by atoms with Crippen LogP contribution in [0.2, 0.25) is 0 Å². The van der Waals surface area contributed by atoms with Crippen molar-refractivity contribution in [2.45, 2.75) is 348 Å². The molecule has 21 N–H and O–H groups in total. The number of nitrogens with one attached hydrogen (secondary N) is 3. The van der Waals surface area contributed by atoms with Gasteiger partial charge in [-0.1, -0.05) is 81.6 Å². The van der Waals surface area contributed by atoms with Gasteiger partial charge in [-0.15, -0.1) is 0 Å². The summed E-state index contributed by atoms with van der Waals surface area (Å²) in [5, 5.41) is 203. The van der Waals surface area contributed by atoms with Crippen LogP contribution < -0.4 is 16.0 Å². The molecule has 10 rings (SSSR count). The first-order valence-corrected chi connectivity index (χ1v) is 49.9. The first kappa shape index (κ1) is 121. The number of aliphatic hydroxyl groups excluding tert-OH is 13. The van der Waals surface area contributed by atoms with Gasteiger partial charge in [0, 0.05) is 97.6 Å². The average Bonchev–Trinajstić information content (AvgIpc) is 1.08. The lowest BCUT2D eigenvalue weighted by Crippen LogP contribution is -2.67. The monoisotopic (exact) mass is 2080 g/mol. The van der Waals surface area contributed by atoms with Gasteiger partial charge in [-0.2, -0.15) is 11.8 Å². The van der Waals surface area contributed by atoms with Crippen molar-refractivity contribution in [3.8, 4) is 0 Å². The third-order valence-electron chi connectivity index (χ3n) is 27.6. The number of rotatable bonds is 56. The Morgan fingerprint density at radius 2 is 0.739 bits per heavy atom. The van der Waals surface area contributed by atoms with Gasteiger partial charge >= 0.3 is 23.9 Å². The van der Waals surface area contributed by atoms with Gasteiger partial charge in [0.15, 0.2) is 74.7 Å². The molecule has 0 aliphatic carbocycles. The lowest BCUT2D eigenvalue weighted by molar-refractivity contribution is -0.394. The van der Waals surface area contributed by atoms with Crippen molar-refractivity contribution < 1.29 is 235 Å². The molecule has 52 heteroatoms. The molecule has 51 nitrogen and oxygen atoms in total. The molecule has 0 bridgehead atoms. The zero-order valence-corrected chi connectivity index (χ0v) is 82.5. The minimum Gasteiger partial charge on any atom is -0.479 e. The van der Waals surface area contributed by atoms with Crippen LogP contribution in [-0.4, -0.2) is 479 Å². The second kappa shape index (κ2) is 59.1. The molecule has 0 aromatic heterocycles. The van der Waals surface area contributed by atoms with E-state index in [1.165, 1.54) is 34.6 Å². The number of carbonyl (C=O) groups is 7. The molecule has 142 heavy (non-hydrogen) atoms. The molecule has 0 radical (unpaired) electrons. The number of aliphatic carboxylic acids is 4. The Bertz CT molecular complexity index is 3750. The average molecular weight is 2080 g/mol. The van der Waals surface area contributed by atoms with Gasteiger partial charge < -0.3 is 207 Å². The number of ether oxygens (including phenoxy) is 22. The number of unbranched alkanes of at least 4 members (excludes halogenated alkanes) is 3. The highest BCUT2D eigenvalue weighted by Gasteiger charge is 2.62. The SMILES string of the molecule is CCCCCNC(=O)CCOCCOCCOCCOCCOCCOCCCNC(=O)CCCC[C@@H]1SC[C@]2(C)CC(=O)N[C@H]12.CCOC1OC(C(=O)O)C(OC2OC(CO)C(OC3OC(C(=O)O)C(OC4OC(CO)C(OC5OC(C(=O)O)C(OC6OC(CO)C(OC7OC(C(=O)O)C(OC8OC(CO)C(O)C(O)C8C)C(O)C7O)C(O)C6C)C(O)C5O)C(C)C4C)C(O)C3O)C(C)C2C)C(C)C1OO. The predicted molar refractivity (Wildman–Crippen MR) is 479 cm³/mol. The molecule has 43 atom stereocenters. The number of hydrogen-bond donors (Lipinski definition) is 21. The molecular weight excluding hydrogens is 1920 g/mol. The van der Waals surface area contributed by atoms with E-state index in [0.29, 0.717) is 110 Å². The van der Waals surface area contributed by atoms with E-state index in [1.807, 2.05) is 11.8 Å². The number of amides is 3. The standard InChI is InChI=1S/C57H92O39.C33H61N3O9S/c1-9-80-57-37(96-79)20(8)36(42(95-57)46(71)72)87-50-16(4)14(2)34(22(11-59)82-50)85-54-31(68)28(65)39(43(92-54)47(73)74)89-51-17(5)15(3)35(23(12-60)83-51)86-55-32(69)29(66)41(44(93-55)48(75)76)91-53-19(7)26(63)38(24(13-61)84-53)88-56-33(70)30(67)40(45(94-56)49(77)78)90-52-18(6)25(62)27(64)21(10-58)81-52;1-3-4-7-12-34-30(38)11-15-41-17-19-43-21-23-45-25-24-44-22-20-42-18-16-40-14-8-13-35-29(37)10-6-5-9-28-32-33(2,27-46-28)26-31(39)36-32/h14-45,50-70,79H,9-13H2,1-8H3,(H,71,72)(H,73,74)(H,75,76)(H,77,78);28,32H,3-27H2,1-2H3,(H,34,38)(H,35,37)(H,36,39)/t;28-,32+,33-/m.0/s1. The van der Waals surface area contributed by atoms with Gasteiger partial charge in [0.1, 0.15) is 104 Å². The van der Waals surface area contributed by atoms with Gasteiger partial charge in [-0.25, -0.2) is 24.1 Å². The second-order valence-electron chi connectivity index (χ2n) is 37.8. The van der Waals surface area contributed by atoms with Crippen LogP contribution in [0.1, 0.15) is 133 Å². The number of hydrogen-bond acceptors (Lipinski definition) is 45. The molecule has 3 amide bonds. The summed E-state index contributed by atoms with van der Waals surface area (Å²) in [5.41, 5.74) is 0.106. The Labute approximate surface area is 826 Å². The Hall–Kier alpha value is -4.84. The molecule has 10 saturated heterocycles. The summed E-state index contributed by atoms with van der Waals surface area (Å²) in [4.78, 5) is 90.8. The van der Waals surface area contributed by atoms with Crippen LogP contribution in [0.25, 0.3) is 0 Å². The van der Waals surface area contributed by atoms with E-state index in [-0.39, 0.29) is 35.8 Å². The van der Waals surface area contributed by atoms with Crippen molar-refractivity contribution in [3.63, 3.8) is 0 Å². The highest BCUT2D eigenvalue weighted by atomic mass is 32.2. The maximum Gasteiger partial charge on any atom is 0.335 e. The van der Waals surface area contributed by atoms with E-state index in [0.717, 1.165) is 57.2 Å². The fourth-order valence-electron chi connectivity index (χ4n) is 18.7. The Balaban J connectivity index is 0.000000409. The Kier molecular flexibility index (Phi) is 50.2. The van der Waals surface area contributed by atoms with Gasteiger partial charge in [0.25, 0.3) is 0 Å². The van der Waals surface area contributed by atoms with Crippen LogP contribution in [0.3, 0.4) is 0 Å². The molecule has 10 aliphatic rings. The molecule has 0 aromatic rings. The summed E-state index contributed by atoms with van der Waals surface area (Å²) in [6.45, 7) is 20.2. The van der Waals surface area contributed by atoms with Crippen LogP contribution >= 0.6 is 11.8 Å². The third-order valence-corrected chi connectivity index (χ3v) is 29.4. The molecule has 10 aliphatic heterocycles. The van der Waals surface area contributed by atoms with Gasteiger partial charge in [-0.3, -0.25) is 19.6 Å². The van der Waals surface area contributed by atoms with Crippen LogP contribution in [0.5, 0.6) is 0 Å². The molecule has 0 spiro atoms. The van der Waals surface area contributed by atoms with Gasteiger partial charge in [-0.05, 0) is 44.4 Å². The van der Waals surface area contributed by atoms with Crippen LogP contribution in [-0.2, 0) is 143 Å². The van der Waals surface area contributed by atoms with E-state index in [1.54, 1.807) is 20.8 Å². The molecule has 0 aromatic carbocycles.